The van der Waals surface area contributed by atoms with E-state index >= 15 is 0 Å². The minimum atomic E-state index is -0.707. The lowest BCUT2D eigenvalue weighted by Crippen LogP contribution is -2.08. The van der Waals surface area contributed by atoms with Crippen LogP contribution in [0.2, 0.25) is 0 Å². The van der Waals surface area contributed by atoms with E-state index in [0.29, 0.717) is 30.4 Å². The molecule has 0 saturated carbocycles. The van der Waals surface area contributed by atoms with Crippen molar-refractivity contribution < 1.29 is 19.0 Å². The van der Waals surface area contributed by atoms with Gasteiger partial charge in [-0.15, -0.1) is 0 Å². The Bertz CT molecular complexity index is 1060. The van der Waals surface area contributed by atoms with Crippen LogP contribution >= 0.6 is 0 Å². The van der Waals surface area contributed by atoms with Crippen molar-refractivity contribution in [1.29, 1.82) is 5.26 Å². The first kappa shape index (κ1) is 20.1. The van der Waals surface area contributed by atoms with E-state index in [2.05, 4.69) is 4.98 Å². The molecule has 3 aromatic rings. The summed E-state index contributed by atoms with van der Waals surface area (Å²) in [6.45, 7) is 2.69. The summed E-state index contributed by atoms with van der Waals surface area (Å²) < 4.78 is 17.8. The number of hydrogen-bond donors (Lipinski definition) is 0. The Labute approximate surface area is 168 Å². The van der Waals surface area contributed by atoms with Crippen LogP contribution < -0.4 is 4.74 Å². The molecule has 3 rings (SSSR count). The lowest BCUT2D eigenvalue weighted by molar-refractivity contribution is -0.139. The smallest absolute Gasteiger partial charge is 0.349 e. The number of rotatable bonds is 8. The average molecular weight is 391 g/mol. The van der Waals surface area contributed by atoms with Crippen molar-refractivity contribution in [3.05, 3.63) is 71.1 Å². The number of carbonyl (C=O) groups is 1. The van der Waals surface area contributed by atoms with E-state index in [0.717, 1.165) is 11.1 Å². The SMILES string of the molecule is COCCOc1nc2c(C)cccn2c1/C=C(/C#N)C(=O)OCc1ccccc1. The number of methoxy groups -OCH3 is 1. The molecule has 29 heavy (non-hydrogen) atoms. The summed E-state index contributed by atoms with van der Waals surface area (Å²) in [4.78, 5) is 16.9. The summed E-state index contributed by atoms with van der Waals surface area (Å²) in [7, 11) is 1.58. The number of carbonyl (C=O) groups excluding carboxylic acids is 1. The zero-order chi connectivity index (χ0) is 20.6. The molecule has 0 saturated heterocycles. The van der Waals surface area contributed by atoms with Gasteiger partial charge < -0.3 is 14.2 Å². The highest BCUT2D eigenvalue weighted by molar-refractivity contribution is 5.98. The van der Waals surface area contributed by atoms with Crippen molar-refractivity contribution >= 4 is 17.7 Å². The Morgan fingerprint density at radius 3 is 2.72 bits per heavy atom. The lowest BCUT2D eigenvalue weighted by Gasteiger charge is -2.06. The zero-order valence-electron chi connectivity index (χ0n) is 16.3. The minimum absolute atomic E-state index is 0.0855. The van der Waals surface area contributed by atoms with Crippen molar-refractivity contribution in [2.75, 3.05) is 20.3 Å². The summed E-state index contributed by atoms with van der Waals surface area (Å²) in [5.41, 5.74) is 2.82. The van der Waals surface area contributed by atoms with Gasteiger partial charge in [0.1, 0.15) is 36.2 Å². The minimum Gasteiger partial charge on any atom is -0.474 e. The highest BCUT2D eigenvalue weighted by Gasteiger charge is 2.18. The van der Waals surface area contributed by atoms with E-state index in [1.165, 1.54) is 6.08 Å². The number of benzene rings is 1. The Kier molecular flexibility index (Phi) is 6.61. The second kappa shape index (κ2) is 9.53. The summed E-state index contributed by atoms with van der Waals surface area (Å²) in [5, 5.41) is 9.51. The maximum absolute atomic E-state index is 12.4. The first-order chi connectivity index (χ1) is 14.1. The third-order valence-corrected chi connectivity index (χ3v) is 4.21. The van der Waals surface area contributed by atoms with Crippen LogP contribution in [0, 0.1) is 18.3 Å². The highest BCUT2D eigenvalue weighted by Crippen LogP contribution is 2.25. The third-order valence-electron chi connectivity index (χ3n) is 4.21. The highest BCUT2D eigenvalue weighted by atomic mass is 16.5. The number of aryl methyl sites for hydroxylation is 1. The molecule has 0 N–H and O–H groups in total. The molecule has 7 nitrogen and oxygen atoms in total. The first-order valence-corrected chi connectivity index (χ1v) is 9.06. The lowest BCUT2D eigenvalue weighted by atomic mass is 10.2. The van der Waals surface area contributed by atoms with Crippen LogP contribution in [-0.4, -0.2) is 35.7 Å². The maximum Gasteiger partial charge on any atom is 0.349 e. The molecular weight excluding hydrogens is 370 g/mol. The normalized spacial score (nSPS) is 11.3. The Morgan fingerprint density at radius 2 is 2.00 bits per heavy atom. The average Bonchev–Trinajstić information content (AvgIpc) is 3.10. The van der Waals surface area contributed by atoms with Gasteiger partial charge in [-0.1, -0.05) is 36.4 Å². The van der Waals surface area contributed by atoms with Crippen LogP contribution in [0.5, 0.6) is 5.88 Å². The van der Waals surface area contributed by atoms with Crippen molar-refractivity contribution in [1.82, 2.24) is 9.38 Å². The molecule has 1 aromatic carbocycles. The van der Waals surface area contributed by atoms with Crippen molar-refractivity contribution in [2.45, 2.75) is 13.5 Å². The van der Waals surface area contributed by atoms with Crippen LogP contribution in [-0.2, 0) is 20.9 Å². The number of pyridine rings is 1. The molecule has 0 aliphatic rings. The van der Waals surface area contributed by atoms with Crippen LogP contribution in [0.3, 0.4) is 0 Å². The number of ether oxygens (including phenoxy) is 3. The zero-order valence-corrected chi connectivity index (χ0v) is 16.3. The second-order valence-electron chi connectivity index (χ2n) is 6.26. The van der Waals surface area contributed by atoms with E-state index in [9.17, 15) is 10.1 Å². The van der Waals surface area contributed by atoms with Gasteiger partial charge in [0.15, 0.2) is 0 Å². The molecule has 0 aliphatic carbocycles. The molecule has 0 atom stereocenters. The molecular formula is C22H21N3O4. The van der Waals surface area contributed by atoms with E-state index < -0.39 is 5.97 Å². The van der Waals surface area contributed by atoms with Gasteiger partial charge in [-0.25, -0.2) is 4.79 Å². The predicted molar refractivity (Wildman–Crippen MR) is 107 cm³/mol. The molecule has 0 fully saturated rings. The number of aromatic nitrogens is 2. The van der Waals surface area contributed by atoms with Gasteiger partial charge >= 0.3 is 5.97 Å². The Morgan fingerprint density at radius 1 is 1.21 bits per heavy atom. The molecule has 2 aromatic heterocycles. The monoisotopic (exact) mass is 391 g/mol. The molecule has 7 heteroatoms. The molecule has 0 bridgehead atoms. The van der Waals surface area contributed by atoms with Crippen molar-refractivity contribution in [3.8, 4) is 11.9 Å². The summed E-state index contributed by atoms with van der Waals surface area (Å²) in [5.74, 6) is -0.387. The fourth-order valence-corrected chi connectivity index (χ4v) is 2.74. The van der Waals surface area contributed by atoms with Gasteiger partial charge in [-0.05, 0) is 30.2 Å². The first-order valence-electron chi connectivity index (χ1n) is 9.06. The number of hydrogen-bond acceptors (Lipinski definition) is 6. The van der Waals surface area contributed by atoms with E-state index in [4.69, 9.17) is 14.2 Å². The van der Waals surface area contributed by atoms with Crippen molar-refractivity contribution in [2.24, 2.45) is 0 Å². The quantitative estimate of drug-likeness (QED) is 0.253. The van der Waals surface area contributed by atoms with Crippen LogP contribution in [0.1, 0.15) is 16.8 Å². The van der Waals surface area contributed by atoms with Crippen LogP contribution in [0.15, 0.2) is 54.2 Å². The standard InChI is InChI=1S/C22H21N3O4/c1-16-7-6-10-25-19(21(24-20(16)25)28-12-11-27-2)13-18(14-23)22(26)29-15-17-8-4-3-5-9-17/h3-10,13H,11-12,15H2,1-2H3/b18-13-. The molecule has 0 aliphatic heterocycles. The van der Waals surface area contributed by atoms with Gasteiger partial charge in [0, 0.05) is 13.3 Å². The number of nitrogens with zero attached hydrogens (tertiary/aromatic N) is 3. The predicted octanol–water partition coefficient (Wildman–Crippen LogP) is 3.32. The fraction of sp³-hybridized carbons (Fsp3) is 0.227. The van der Waals surface area contributed by atoms with Gasteiger partial charge in [-0.3, -0.25) is 4.40 Å². The topological polar surface area (TPSA) is 85.9 Å². The molecule has 0 amide bonds. The molecule has 0 unspecified atom stereocenters. The third kappa shape index (κ3) is 4.81. The van der Waals surface area contributed by atoms with Crippen molar-refractivity contribution in [3.63, 3.8) is 0 Å². The van der Waals surface area contributed by atoms with Crippen LogP contribution in [0.25, 0.3) is 11.7 Å². The van der Waals surface area contributed by atoms with E-state index in [1.807, 2.05) is 55.5 Å². The summed E-state index contributed by atoms with van der Waals surface area (Å²) in [6.07, 6.45) is 3.24. The molecule has 2 heterocycles. The van der Waals surface area contributed by atoms with E-state index in [-0.39, 0.29) is 12.2 Å². The molecule has 0 radical (unpaired) electrons. The number of imidazole rings is 1. The van der Waals surface area contributed by atoms with Gasteiger partial charge in [0.25, 0.3) is 0 Å². The fourth-order valence-electron chi connectivity index (χ4n) is 2.74. The summed E-state index contributed by atoms with van der Waals surface area (Å²) in [6, 6.07) is 15.0. The number of fused-ring (bicyclic) bond motifs is 1. The molecule has 148 valence electrons. The largest absolute Gasteiger partial charge is 0.474 e. The molecule has 0 spiro atoms. The Hall–Kier alpha value is -3.63. The van der Waals surface area contributed by atoms with E-state index in [1.54, 1.807) is 17.7 Å². The number of nitriles is 1. The van der Waals surface area contributed by atoms with Gasteiger partial charge in [-0.2, -0.15) is 10.2 Å². The number of esters is 1. The van der Waals surface area contributed by atoms with Gasteiger partial charge in [0.2, 0.25) is 5.88 Å². The Balaban J connectivity index is 1.90. The maximum atomic E-state index is 12.4. The van der Waals surface area contributed by atoms with Crippen LogP contribution in [0.4, 0.5) is 0 Å². The summed E-state index contributed by atoms with van der Waals surface area (Å²) >= 11 is 0. The second-order valence-corrected chi connectivity index (χ2v) is 6.26. The van der Waals surface area contributed by atoms with Gasteiger partial charge in [0.05, 0.1) is 6.61 Å².